The lowest BCUT2D eigenvalue weighted by Crippen LogP contribution is -2.41. The van der Waals surface area contributed by atoms with E-state index in [1.54, 1.807) is 55.0 Å². The molecule has 9 heteroatoms. The maximum absolute atomic E-state index is 14.8. The highest BCUT2D eigenvalue weighted by molar-refractivity contribution is 5.95. The molecule has 0 bridgehead atoms. The summed E-state index contributed by atoms with van der Waals surface area (Å²) >= 11 is 0. The number of hydroxylamine groups is 1. The minimum Gasteiger partial charge on any atom is -0.375 e. The van der Waals surface area contributed by atoms with E-state index in [1.165, 1.54) is 6.07 Å². The smallest absolute Gasteiger partial charge is 0.274 e. The number of aromatic nitrogens is 2. The zero-order chi connectivity index (χ0) is 22.7. The molecule has 1 aliphatic rings. The first-order valence-corrected chi connectivity index (χ1v) is 10.3. The third kappa shape index (κ3) is 4.68. The summed E-state index contributed by atoms with van der Waals surface area (Å²) < 4.78 is 20.3. The Hall–Kier alpha value is -3.56. The fourth-order valence-electron chi connectivity index (χ4n) is 3.73. The van der Waals surface area contributed by atoms with Crippen LogP contribution in [0.3, 0.4) is 0 Å². The standard InChI is InChI=1S/C23H24FN5O3/c1-14-11-16(3-5-18(14)22(30)28-31)20-7-8-25-23(27-20)26-17-4-6-21(19(24)12-17)29-9-10-32-15(2)13-29/h3-8,11-12,15,31H,9-10,13H2,1-2H3,(H,28,30)(H,25,26,27). The van der Waals surface area contributed by atoms with Gasteiger partial charge in [0.2, 0.25) is 5.95 Å². The van der Waals surface area contributed by atoms with Gasteiger partial charge in [-0.05, 0) is 55.8 Å². The number of carbonyl (C=O) groups is 1. The lowest BCUT2D eigenvalue weighted by Gasteiger charge is -2.33. The molecular formula is C23H24FN5O3. The molecule has 3 N–H and O–H groups in total. The fraction of sp³-hybridized carbons (Fsp3) is 0.261. The number of amides is 1. The van der Waals surface area contributed by atoms with E-state index in [4.69, 9.17) is 9.94 Å². The van der Waals surface area contributed by atoms with Crippen molar-refractivity contribution < 1.29 is 19.1 Å². The van der Waals surface area contributed by atoms with E-state index in [-0.39, 0.29) is 11.9 Å². The average Bonchev–Trinajstić information content (AvgIpc) is 2.79. The van der Waals surface area contributed by atoms with E-state index in [2.05, 4.69) is 15.3 Å². The highest BCUT2D eigenvalue weighted by Crippen LogP contribution is 2.27. The van der Waals surface area contributed by atoms with Gasteiger partial charge in [0.05, 0.1) is 24.1 Å². The van der Waals surface area contributed by atoms with Crippen molar-refractivity contribution in [1.29, 1.82) is 0 Å². The van der Waals surface area contributed by atoms with Crippen molar-refractivity contribution in [2.75, 3.05) is 29.9 Å². The monoisotopic (exact) mass is 437 g/mol. The molecule has 1 amide bonds. The Kier molecular flexibility index (Phi) is 6.29. The lowest BCUT2D eigenvalue weighted by molar-refractivity contribution is 0.0530. The predicted octanol–water partition coefficient (Wildman–Crippen LogP) is 3.68. The molecule has 1 atom stereocenters. The van der Waals surface area contributed by atoms with Crippen LogP contribution in [-0.4, -0.2) is 46.9 Å². The zero-order valence-corrected chi connectivity index (χ0v) is 17.8. The van der Waals surface area contributed by atoms with Gasteiger partial charge in [0.25, 0.3) is 5.91 Å². The molecule has 0 saturated carbocycles. The van der Waals surface area contributed by atoms with Crippen LogP contribution in [0.2, 0.25) is 0 Å². The van der Waals surface area contributed by atoms with Gasteiger partial charge in [-0.3, -0.25) is 10.0 Å². The Morgan fingerprint density at radius 1 is 1.25 bits per heavy atom. The Labute approximate surface area is 185 Å². The van der Waals surface area contributed by atoms with Crippen LogP contribution in [0.4, 0.5) is 21.7 Å². The van der Waals surface area contributed by atoms with Gasteiger partial charge in [-0.25, -0.2) is 19.8 Å². The van der Waals surface area contributed by atoms with Crippen molar-refractivity contribution in [2.24, 2.45) is 0 Å². The summed E-state index contributed by atoms with van der Waals surface area (Å²) in [7, 11) is 0. The van der Waals surface area contributed by atoms with Gasteiger partial charge in [0.1, 0.15) is 5.82 Å². The predicted molar refractivity (Wildman–Crippen MR) is 119 cm³/mol. The van der Waals surface area contributed by atoms with Crippen LogP contribution >= 0.6 is 0 Å². The van der Waals surface area contributed by atoms with Crippen LogP contribution in [0.1, 0.15) is 22.8 Å². The van der Waals surface area contributed by atoms with E-state index in [9.17, 15) is 9.18 Å². The summed E-state index contributed by atoms with van der Waals surface area (Å²) in [6.45, 7) is 5.62. The Morgan fingerprint density at radius 2 is 2.09 bits per heavy atom. The van der Waals surface area contributed by atoms with Crippen molar-refractivity contribution >= 4 is 23.2 Å². The molecule has 166 valence electrons. The molecule has 2 aromatic carbocycles. The van der Waals surface area contributed by atoms with Crippen LogP contribution in [0.15, 0.2) is 48.7 Å². The number of morpholine rings is 1. The second-order valence-electron chi connectivity index (χ2n) is 7.65. The summed E-state index contributed by atoms with van der Waals surface area (Å²) in [5, 5.41) is 11.9. The van der Waals surface area contributed by atoms with E-state index >= 15 is 0 Å². The first-order valence-electron chi connectivity index (χ1n) is 10.3. The Bertz CT molecular complexity index is 1140. The number of hydrogen-bond acceptors (Lipinski definition) is 7. The number of anilines is 3. The quantitative estimate of drug-likeness (QED) is 0.414. The van der Waals surface area contributed by atoms with Crippen molar-refractivity contribution in [3.63, 3.8) is 0 Å². The molecule has 0 spiro atoms. The molecule has 4 rings (SSSR count). The number of rotatable bonds is 5. The van der Waals surface area contributed by atoms with E-state index in [0.29, 0.717) is 53.8 Å². The van der Waals surface area contributed by atoms with Crippen LogP contribution in [0, 0.1) is 12.7 Å². The van der Waals surface area contributed by atoms with Gasteiger partial charge in [0.15, 0.2) is 0 Å². The average molecular weight is 437 g/mol. The van der Waals surface area contributed by atoms with Gasteiger partial charge in [-0.2, -0.15) is 0 Å². The molecule has 1 aromatic heterocycles. The van der Waals surface area contributed by atoms with Crippen LogP contribution in [0.25, 0.3) is 11.3 Å². The number of aryl methyl sites for hydroxylation is 1. The topological polar surface area (TPSA) is 99.6 Å². The van der Waals surface area contributed by atoms with Gasteiger partial charge < -0.3 is 15.0 Å². The number of ether oxygens (including phenoxy) is 1. The SMILES string of the molecule is Cc1cc(-c2ccnc(Nc3ccc(N4CCOC(C)C4)c(F)c3)n2)ccc1C(=O)NO. The summed E-state index contributed by atoms with van der Waals surface area (Å²) in [5.74, 6) is -0.575. The molecule has 1 unspecified atom stereocenters. The van der Waals surface area contributed by atoms with Crippen LogP contribution in [-0.2, 0) is 4.74 Å². The molecular weight excluding hydrogens is 413 g/mol. The number of nitrogens with zero attached hydrogens (tertiary/aromatic N) is 3. The number of hydrogen-bond donors (Lipinski definition) is 3. The van der Waals surface area contributed by atoms with Crippen molar-refractivity contribution in [1.82, 2.24) is 15.4 Å². The second kappa shape index (κ2) is 9.29. The Balaban J connectivity index is 1.52. The minimum absolute atomic E-state index is 0.0628. The largest absolute Gasteiger partial charge is 0.375 e. The lowest BCUT2D eigenvalue weighted by atomic mass is 10.0. The summed E-state index contributed by atoms with van der Waals surface area (Å²) in [5.41, 5.74) is 5.20. The Morgan fingerprint density at radius 3 is 2.81 bits per heavy atom. The summed E-state index contributed by atoms with van der Waals surface area (Å²) in [6.07, 6.45) is 1.67. The summed E-state index contributed by atoms with van der Waals surface area (Å²) in [4.78, 5) is 22.4. The van der Waals surface area contributed by atoms with Crippen molar-refractivity contribution in [3.8, 4) is 11.3 Å². The molecule has 8 nitrogen and oxygen atoms in total. The number of halogens is 1. The molecule has 0 radical (unpaired) electrons. The van der Waals surface area contributed by atoms with Crippen molar-refractivity contribution in [2.45, 2.75) is 20.0 Å². The first-order chi connectivity index (χ1) is 15.4. The van der Waals surface area contributed by atoms with Gasteiger partial charge >= 0.3 is 0 Å². The van der Waals surface area contributed by atoms with Crippen LogP contribution < -0.4 is 15.7 Å². The van der Waals surface area contributed by atoms with Crippen molar-refractivity contribution in [3.05, 3.63) is 65.6 Å². The number of nitrogens with one attached hydrogen (secondary N) is 2. The number of benzene rings is 2. The third-order valence-corrected chi connectivity index (χ3v) is 5.31. The molecule has 0 aliphatic carbocycles. The van der Waals surface area contributed by atoms with Crippen LogP contribution in [0.5, 0.6) is 0 Å². The van der Waals surface area contributed by atoms with Gasteiger partial charge in [-0.1, -0.05) is 6.07 Å². The molecule has 1 aliphatic heterocycles. The molecule has 1 saturated heterocycles. The molecule has 1 fully saturated rings. The molecule has 32 heavy (non-hydrogen) atoms. The molecule has 2 heterocycles. The fourth-order valence-corrected chi connectivity index (χ4v) is 3.73. The van der Waals surface area contributed by atoms with Gasteiger partial charge in [0, 0.05) is 36.1 Å². The first kappa shape index (κ1) is 21.7. The van der Waals surface area contributed by atoms with E-state index in [0.717, 1.165) is 5.56 Å². The highest BCUT2D eigenvalue weighted by atomic mass is 19.1. The zero-order valence-electron chi connectivity index (χ0n) is 17.8. The summed E-state index contributed by atoms with van der Waals surface area (Å²) in [6, 6.07) is 11.9. The number of carbonyl (C=O) groups excluding carboxylic acids is 1. The van der Waals surface area contributed by atoms with E-state index in [1.807, 2.05) is 11.8 Å². The maximum Gasteiger partial charge on any atom is 0.274 e. The third-order valence-electron chi connectivity index (χ3n) is 5.31. The van der Waals surface area contributed by atoms with Gasteiger partial charge in [-0.15, -0.1) is 0 Å². The van der Waals surface area contributed by atoms with E-state index < -0.39 is 5.91 Å². The minimum atomic E-state index is -0.573. The highest BCUT2D eigenvalue weighted by Gasteiger charge is 2.20. The normalized spacial score (nSPS) is 16.0. The maximum atomic E-state index is 14.8. The molecule has 3 aromatic rings. The second-order valence-corrected chi connectivity index (χ2v) is 7.65.